The quantitative estimate of drug-likeness (QED) is 0.779. The molecule has 0 aromatic heterocycles. The van der Waals surface area contributed by atoms with Gasteiger partial charge in [0.25, 0.3) is 0 Å². The van der Waals surface area contributed by atoms with Crippen LogP contribution in [0, 0.1) is 5.92 Å². The molecule has 0 radical (unpaired) electrons. The summed E-state index contributed by atoms with van der Waals surface area (Å²) >= 11 is 0. The molecule has 1 rings (SSSR count). The van der Waals surface area contributed by atoms with Gasteiger partial charge < -0.3 is 5.73 Å². The lowest BCUT2D eigenvalue weighted by Crippen LogP contribution is -2.35. The molecule has 0 heterocycles. The largest absolute Gasteiger partial charge is 0.416 e. The Morgan fingerprint density at radius 2 is 1.83 bits per heavy atom. The van der Waals surface area contributed by atoms with Crippen LogP contribution in [0.3, 0.4) is 0 Å². The summed E-state index contributed by atoms with van der Waals surface area (Å²) in [7, 11) is -2.27. The van der Waals surface area contributed by atoms with Gasteiger partial charge in [-0.1, -0.05) is 32.0 Å². The average Bonchev–Trinajstić information content (AvgIpc) is 2.43. The molecule has 1 unspecified atom stereocenters. The van der Waals surface area contributed by atoms with Crippen LogP contribution in [0.25, 0.3) is 0 Å². The summed E-state index contributed by atoms with van der Waals surface area (Å²) in [6.07, 6.45) is -3.99. The van der Waals surface area contributed by atoms with E-state index >= 15 is 0 Å². The fourth-order valence-corrected chi connectivity index (χ4v) is 3.17. The molecule has 1 aromatic rings. The molecule has 0 spiro atoms. The lowest BCUT2D eigenvalue weighted by atomic mass is 10.0. The van der Waals surface area contributed by atoms with E-state index in [1.54, 1.807) is 0 Å². The molecule has 0 bridgehead atoms. The minimum atomic E-state index is -4.49. The van der Waals surface area contributed by atoms with Gasteiger partial charge in [-0.3, -0.25) is 0 Å². The van der Waals surface area contributed by atoms with Gasteiger partial charge in [0.2, 0.25) is 10.0 Å². The zero-order chi connectivity index (χ0) is 17.8. The molecule has 9 heteroatoms. The van der Waals surface area contributed by atoms with Crippen molar-refractivity contribution in [3.05, 3.63) is 35.4 Å². The molecule has 0 fully saturated rings. The standard InChI is InChI=1S/C15H23F3N2O2S.ClH/c1-11(2)14(19)7-8-20(3)23(21,22)10-12-5-4-6-13(9-12)15(16,17)18;/h4-6,9,11,14H,7-8,10,19H2,1-3H3;1H. The topological polar surface area (TPSA) is 63.4 Å². The number of benzene rings is 1. The first kappa shape index (κ1) is 23.2. The average molecular weight is 389 g/mol. The highest BCUT2D eigenvalue weighted by Gasteiger charge is 2.31. The monoisotopic (exact) mass is 388 g/mol. The Labute approximate surface area is 147 Å². The van der Waals surface area contributed by atoms with Crippen LogP contribution in [0.15, 0.2) is 24.3 Å². The van der Waals surface area contributed by atoms with Crippen molar-refractivity contribution in [1.29, 1.82) is 0 Å². The zero-order valence-electron chi connectivity index (χ0n) is 13.9. The summed E-state index contributed by atoms with van der Waals surface area (Å²) < 4.78 is 63.7. The van der Waals surface area contributed by atoms with E-state index in [-0.39, 0.29) is 36.5 Å². The minimum Gasteiger partial charge on any atom is -0.327 e. The molecule has 0 aliphatic carbocycles. The Kier molecular flexibility index (Phi) is 8.72. The number of nitrogens with zero attached hydrogens (tertiary/aromatic N) is 1. The third-order valence-corrected chi connectivity index (χ3v) is 5.54. The number of nitrogens with two attached hydrogens (primary N) is 1. The van der Waals surface area contributed by atoms with Gasteiger partial charge in [-0.05, 0) is 24.0 Å². The fourth-order valence-electron chi connectivity index (χ4n) is 1.96. The van der Waals surface area contributed by atoms with Crippen molar-refractivity contribution in [2.75, 3.05) is 13.6 Å². The Morgan fingerprint density at radius 3 is 2.33 bits per heavy atom. The second kappa shape index (κ2) is 9.03. The lowest BCUT2D eigenvalue weighted by Gasteiger charge is -2.21. The Hall–Kier alpha value is -0.830. The molecule has 1 aromatic carbocycles. The van der Waals surface area contributed by atoms with Gasteiger partial charge in [0.15, 0.2) is 0 Å². The van der Waals surface area contributed by atoms with E-state index in [0.29, 0.717) is 6.42 Å². The zero-order valence-corrected chi connectivity index (χ0v) is 15.5. The maximum absolute atomic E-state index is 12.7. The van der Waals surface area contributed by atoms with E-state index < -0.39 is 27.5 Å². The molecule has 140 valence electrons. The van der Waals surface area contributed by atoms with Gasteiger partial charge in [-0.2, -0.15) is 13.2 Å². The van der Waals surface area contributed by atoms with Gasteiger partial charge in [0.05, 0.1) is 11.3 Å². The first-order valence-electron chi connectivity index (χ1n) is 7.29. The highest BCUT2D eigenvalue weighted by Crippen LogP contribution is 2.30. The fraction of sp³-hybridized carbons (Fsp3) is 0.600. The normalized spacial score (nSPS) is 13.9. The van der Waals surface area contributed by atoms with Crippen LogP contribution in [-0.4, -0.2) is 32.4 Å². The number of alkyl halides is 3. The van der Waals surface area contributed by atoms with Gasteiger partial charge in [-0.15, -0.1) is 12.4 Å². The third kappa shape index (κ3) is 6.96. The van der Waals surface area contributed by atoms with Gasteiger partial charge >= 0.3 is 6.18 Å². The van der Waals surface area contributed by atoms with Crippen molar-refractivity contribution in [2.45, 2.75) is 38.2 Å². The Bertz CT molecular complexity index is 621. The maximum atomic E-state index is 12.7. The van der Waals surface area contributed by atoms with Crippen molar-refractivity contribution in [2.24, 2.45) is 11.7 Å². The molecular weight excluding hydrogens is 365 g/mol. The second-order valence-electron chi connectivity index (χ2n) is 5.97. The number of rotatable bonds is 7. The minimum absolute atomic E-state index is 0. The molecule has 0 aliphatic rings. The van der Waals surface area contributed by atoms with E-state index in [2.05, 4.69) is 0 Å². The van der Waals surface area contributed by atoms with E-state index in [0.717, 1.165) is 16.4 Å². The smallest absolute Gasteiger partial charge is 0.327 e. The van der Waals surface area contributed by atoms with Crippen LogP contribution in [0.4, 0.5) is 13.2 Å². The summed E-state index contributed by atoms with van der Waals surface area (Å²) in [4.78, 5) is 0. The molecule has 0 saturated carbocycles. The molecule has 2 N–H and O–H groups in total. The number of sulfonamides is 1. The predicted molar refractivity (Wildman–Crippen MR) is 91.4 cm³/mol. The molecule has 24 heavy (non-hydrogen) atoms. The van der Waals surface area contributed by atoms with Crippen LogP contribution < -0.4 is 5.73 Å². The Morgan fingerprint density at radius 1 is 1.25 bits per heavy atom. The van der Waals surface area contributed by atoms with Gasteiger partial charge in [0, 0.05) is 19.6 Å². The van der Waals surface area contributed by atoms with Crippen LogP contribution in [-0.2, 0) is 22.0 Å². The van der Waals surface area contributed by atoms with E-state index in [1.807, 2.05) is 13.8 Å². The second-order valence-corrected chi connectivity index (χ2v) is 8.05. The van der Waals surface area contributed by atoms with Crippen molar-refractivity contribution < 1.29 is 21.6 Å². The molecule has 0 aliphatic heterocycles. The molecule has 4 nitrogen and oxygen atoms in total. The SMILES string of the molecule is CC(C)C(N)CCN(C)S(=O)(=O)Cc1cccc(C(F)(F)F)c1.Cl. The van der Waals surface area contributed by atoms with Gasteiger partial charge in [-0.25, -0.2) is 12.7 Å². The van der Waals surface area contributed by atoms with Crippen molar-refractivity contribution in [3.8, 4) is 0 Å². The lowest BCUT2D eigenvalue weighted by molar-refractivity contribution is -0.137. The van der Waals surface area contributed by atoms with E-state index in [1.165, 1.54) is 19.2 Å². The summed E-state index contributed by atoms with van der Waals surface area (Å²) in [5.74, 6) is -0.237. The van der Waals surface area contributed by atoms with Crippen LogP contribution in [0.2, 0.25) is 0 Å². The summed E-state index contributed by atoms with van der Waals surface area (Å²) in [6.45, 7) is 4.13. The first-order valence-corrected chi connectivity index (χ1v) is 8.90. The highest BCUT2D eigenvalue weighted by atomic mass is 35.5. The van der Waals surface area contributed by atoms with Crippen LogP contribution in [0.5, 0.6) is 0 Å². The molecule has 0 saturated heterocycles. The van der Waals surface area contributed by atoms with Crippen molar-refractivity contribution in [1.82, 2.24) is 4.31 Å². The Balaban J connectivity index is 0.00000529. The maximum Gasteiger partial charge on any atom is 0.416 e. The van der Waals surface area contributed by atoms with E-state index in [4.69, 9.17) is 5.73 Å². The highest BCUT2D eigenvalue weighted by molar-refractivity contribution is 7.88. The van der Waals surface area contributed by atoms with Crippen LogP contribution >= 0.6 is 12.4 Å². The van der Waals surface area contributed by atoms with Crippen LogP contribution in [0.1, 0.15) is 31.4 Å². The summed E-state index contributed by atoms with van der Waals surface area (Å²) in [6, 6.07) is 4.25. The number of hydrogen-bond acceptors (Lipinski definition) is 3. The summed E-state index contributed by atoms with van der Waals surface area (Å²) in [5, 5.41) is 0. The molecule has 1 atom stereocenters. The van der Waals surface area contributed by atoms with Gasteiger partial charge in [0.1, 0.15) is 0 Å². The third-order valence-electron chi connectivity index (χ3n) is 3.71. The van der Waals surface area contributed by atoms with E-state index in [9.17, 15) is 21.6 Å². The number of hydrogen-bond donors (Lipinski definition) is 1. The van der Waals surface area contributed by atoms with Crippen molar-refractivity contribution >= 4 is 22.4 Å². The number of halogens is 4. The predicted octanol–water partition coefficient (Wildman–Crippen LogP) is 3.26. The molecule has 0 amide bonds. The molecular formula is C15H24ClF3N2O2S. The first-order chi connectivity index (χ1) is 10.4. The summed E-state index contributed by atoms with van der Waals surface area (Å²) in [5.41, 5.74) is 5.14. The van der Waals surface area contributed by atoms with Crippen molar-refractivity contribution in [3.63, 3.8) is 0 Å².